The van der Waals surface area contributed by atoms with Crippen LogP contribution >= 0.6 is 11.3 Å². The molecule has 2 heterocycles. The van der Waals surface area contributed by atoms with Crippen LogP contribution in [-0.2, 0) is 22.6 Å². The van der Waals surface area contributed by atoms with Crippen LogP contribution in [0, 0.1) is 0 Å². The second-order valence-corrected chi connectivity index (χ2v) is 6.83. The number of thiophene rings is 1. The van der Waals surface area contributed by atoms with E-state index in [4.69, 9.17) is 5.73 Å². The summed E-state index contributed by atoms with van der Waals surface area (Å²) in [5.41, 5.74) is 7.98. The molecule has 0 aliphatic carbocycles. The summed E-state index contributed by atoms with van der Waals surface area (Å²) in [5.74, 6) is -0.915. The van der Waals surface area contributed by atoms with Crippen molar-refractivity contribution in [2.45, 2.75) is 25.8 Å². The summed E-state index contributed by atoms with van der Waals surface area (Å²) < 4.78 is 0. The van der Waals surface area contributed by atoms with Crippen LogP contribution in [0.5, 0.6) is 0 Å². The minimum atomic E-state index is -0.584. The van der Waals surface area contributed by atoms with Crippen molar-refractivity contribution >= 4 is 34.1 Å². The van der Waals surface area contributed by atoms with Crippen molar-refractivity contribution in [1.29, 1.82) is 0 Å². The van der Waals surface area contributed by atoms with E-state index in [2.05, 4.69) is 11.4 Å². The normalized spacial score (nSPS) is 13.2. The minimum Gasteiger partial charge on any atom is -0.366 e. The molecule has 25 heavy (non-hydrogen) atoms. The Hall–Kier alpha value is -2.67. The summed E-state index contributed by atoms with van der Waals surface area (Å²) in [6, 6.07) is 9.66. The van der Waals surface area contributed by atoms with Crippen molar-refractivity contribution in [1.82, 2.24) is 4.90 Å². The van der Waals surface area contributed by atoms with Crippen LogP contribution in [0.2, 0.25) is 0 Å². The predicted octanol–water partition coefficient (Wildman–Crippen LogP) is 2.15. The fourth-order valence-corrected chi connectivity index (χ4v) is 3.68. The van der Waals surface area contributed by atoms with Gasteiger partial charge in [-0.05, 0) is 29.0 Å². The van der Waals surface area contributed by atoms with Gasteiger partial charge in [0, 0.05) is 25.9 Å². The van der Waals surface area contributed by atoms with E-state index in [-0.39, 0.29) is 30.2 Å². The van der Waals surface area contributed by atoms with Gasteiger partial charge in [-0.3, -0.25) is 14.4 Å². The second-order valence-electron chi connectivity index (χ2n) is 5.91. The molecule has 0 fully saturated rings. The number of primary amides is 1. The molecule has 0 atom stereocenters. The van der Waals surface area contributed by atoms with Gasteiger partial charge < -0.3 is 16.0 Å². The Morgan fingerprint density at radius 3 is 2.64 bits per heavy atom. The zero-order valence-electron chi connectivity index (χ0n) is 13.7. The molecule has 3 rings (SSSR count). The van der Waals surface area contributed by atoms with E-state index < -0.39 is 5.91 Å². The number of benzene rings is 1. The topological polar surface area (TPSA) is 92.5 Å². The maximum atomic E-state index is 12.4. The number of nitrogens with two attached hydrogens (primary N) is 1. The van der Waals surface area contributed by atoms with E-state index in [0.29, 0.717) is 18.1 Å². The summed E-state index contributed by atoms with van der Waals surface area (Å²) in [7, 11) is 0. The van der Waals surface area contributed by atoms with Gasteiger partial charge in [-0.25, -0.2) is 0 Å². The van der Waals surface area contributed by atoms with Crippen molar-refractivity contribution in [2.75, 3.05) is 11.9 Å². The third-order valence-electron chi connectivity index (χ3n) is 4.23. The molecule has 3 amide bonds. The highest BCUT2D eigenvalue weighted by atomic mass is 32.1. The third-order valence-corrected chi connectivity index (χ3v) is 5.06. The highest BCUT2D eigenvalue weighted by Crippen LogP contribution is 2.23. The van der Waals surface area contributed by atoms with Gasteiger partial charge in [0.05, 0.1) is 5.56 Å². The first-order chi connectivity index (χ1) is 12.0. The Bertz CT molecular complexity index is 815. The summed E-state index contributed by atoms with van der Waals surface area (Å²) in [5, 5.41) is 4.77. The molecule has 1 aliphatic heterocycles. The molecule has 0 spiro atoms. The lowest BCUT2D eigenvalue weighted by molar-refractivity contribution is -0.133. The monoisotopic (exact) mass is 357 g/mol. The molecule has 6 nitrogen and oxygen atoms in total. The zero-order valence-corrected chi connectivity index (χ0v) is 14.5. The Morgan fingerprint density at radius 2 is 1.88 bits per heavy atom. The van der Waals surface area contributed by atoms with E-state index in [1.807, 2.05) is 18.2 Å². The SMILES string of the molecule is NC(=O)c1ccsc1NC(=O)CCC(=O)N1CCc2ccccc2C1. The summed E-state index contributed by atoms with van der Waals surface area (Å²) in [6.45, 7) is 1.27. The number of fused-ring (bicyclic) bond motifs is 1. The van der Waals surface area contributed by atoms with Crippen LogP contribution in [0.25, 0.3) is 0 Å². The Balaban J connectivity index is 1.52. The fourth-order valence-electron chi connectivity index (χ4n) is 2.88. The highest BCUT2D eigenvalue weighted by molar-refractivity contribution is 7.14. The van der Waals surface area contributed by atoms with Gasteiger partial charge in [-0.15, -0.1) is 11.3 Å². The van der Waals surface area contributed by atoms with Crippen molar-refractivity contribution in [3.8, 4) is 0 Å². The second kappa shape index (κ2) is 7.48. The van der Waals surface area contributed by atoms with Crippen LogP contribution in [0.1, 0.15) is 34.3 Å². The molecule has 7 heteroatoms. The van der Waals surface area contributed by atoms with Gasteiger partial charge in [0.2, 0.25) is 11.8 Å². The van der Waals surface area contributed by atoms with E-state index >= 15 is 0 Å². The fraction of sp³-hybridized carbons (Fsp3) is 0.278. The minimum absolute atomic E-state index is 0.0362. The van der Waals surface area contributed by atoms with E-state index in [0.717, 1.165) is 12.0 Å². The quantitative estimate of drug-likeness (QED) is 0.859. The van der Waals surface area contributed by atoms with Crippen molar-refractivity contribution in [3.63, 3.8) is 0 Å². The zero-order chi connectivity index (χ0) is 17.8. The van der Waals surface area contributed by atoms with Gasteiger partial charge in [0.25, 0.3) is 5.91 Å². The number of anilines is 1. The maximum absolute atomic E-state index is 12.4. The molecule has 0 saturated heterocycles. The average Bonchev–Trinajstić information content (AvgIpc) is 3.07. The number of hydrogen-bond donors (Lipinski definition) is 2. The van der Waals surface area contributed by atoms with E-state index in [1.54, 1.807) is 16.3 Å². The van der Waals surface area contributed by atoms with Gasteiger partial charge in [0.1, 0.15) is 5.00 Å². The van der Waals surface area contributed by atoms with E-state index in [1.165, 1.54) is 16.9 Å². The predicted molar refractivity (Wildman–Crippen MR) is 96.3 cm³/mol. The summed E-state index contributed by atoms with van der Waals surface area (Å²) in [6.07, 6.45) is 1.06. The molecule has 0 saturated carbocycles. The standard InChI is InChI=1S/C18H19N3O3S/c19-17(24)14-8-10-25-18(14)20-15(22)5-6-16(23)21-9-7-12-3-1-2-4-13(12)11-21/h1-4,8,10H,5-7,9,11H2,(H2,19,24)(H,20,22). The lowest BCUT2D eigenvalue weighted by Gasteiger charge is -2.28. The van der Waals surface area contributed by atoms with Crippen LogP contribution < -0.4 is 11.1 Å². The number of carbonyl (C=O) groups excluding carboxylic acids is 3. The summed E-state index contributed by atoms with van der Waals surface area (Å²) in [4.78, 5) is 37.4. The summed E-state index contributed by atoms with van der Waals surface area (Å²) >= 11 is 1.23. The molecule has 1 aliphatic rings. The molecule has 1 aromatic carbocycles. The van der Waals surface area contributed by atoms with Crippen molar-refractivity contribution in [2.24, 2.45) is 5.73 Å². The molecule has 1 aromatic heterocycles. The van der Waals surface area contributed by atoms with Gasteiger partial charge in [0.15, 0.2) is 0 Å². The number of nitrogens with zero attached hydrogens (tertiary/aromatic N) is 1. The molecule has 0 unspecified atom stereocenters. The largest absolute Gasteiger partial charge is 0.366 e. The lowest BCUT2D eigenvalue weighted by atomic mass is 9.99. The Kier molecular flexibility index (Phi) is 5.14. The molecular formula is C18H19N3O3S. The van der Waals surface area contributed by atoms with Crippen LogP contribution in [0.15, 0.2) is 35.7 Å². The van der Waals surface area contributed by atoms with Gasteiger partial charge >= 0.3 is 0 Å². The smallest absolute Gasteiger partial charge is 0.251 e. The number of amides is 3. The molecular weight excluding hydrogens is 338 g/mol. The number of nitrogens with one attached hydrogen (secondary N) is 1. The van der Waals surface area contributed by atoms with Crippen LogP contribution in [0.4, 0.5) is 5.00 Å². The Labute approximate surface area is 149 Å². The highest BCUT2D eigenvalue weighted by Gasteiger charge is 2.21. The Morgan fingerprint density at radius 1 is 1.12 bits per heavy atom. The van der Waals surface area contributed by atoms with E-state index in [9.17, 15) is 14.4 Å². The number of rotatable bonds is 5. The lowest BCUT2D eigenvalue weighted by Crippen LogP contribution is -2.36. The molecule has 2 aromatic rings. The van der Waals surface area contributed by atoms with Crippen molar-refractivity contribution in [3.05, 3.63) is 52.4 Å². The first-order valence-corrected chi connectivity index (χ1v) is 8.94. The molecule has 0 radical (unpaired) electrons. The first-order valence-electron chi connectivity index (χ1n) is 8.06. The molecule has 0 bridgehead atoms. The number of carbonyl (C=O) groups is 3. The number of hydrogen-bond acceptors (Lipinski definition) is 4. The average molecular weight is 357 g/mol. The first kappa shape index (κ1) is 17.2. The third kappa shape index (κ3) is 4.06. The van der Waals surface area contributed by atoms with Gasteiger partial charge in [-0.2, -0.15) is 0 Å². The molecule has 130 valence electrons. The van der Waals surface area contributed by atoms with Gasteiger partial charge in [-0.1, -0.05) is 24.3 Å². The van der Waals surface area contributed by atoms with Crippen LogP contribution in [0.3, 0.4) is 0 Å². The molecule has 3 N–H and O–H groups in total. The van der Waals surface area contributed by atoms with Crippen molar-refractivity contribution < 1.29 is 14.4 Å². The maximum Gasteiger partial charge on any atom is 0.251 e. The van der Waals surface area contributed by atoms with Crippen LogP contribution in [-0.4, -0.2) is 29.2 Å².